The minimum absolute atomic E-state index is 0.566. The highest BCUT2D eigenvalue weighted by atomic mass is 32.1. The monoisotopic (exact) mass is 385 g/mol. The normalized spacial score (nSPS) is 19.3. The molecule has 1 atom stereocenters. The molecule has 0 radical (unpaired) electrons. The van der Waals surface area contributed by atoms with E-state index in [9.17, 15) is 0 Å². The fraction of sp³-hybridized carbons (Fsp3) is 0.429. The first-order chi connectivity index (χ1) is 13.2. The average Bonchev–Trinajstić information content (AvgIpc) is 3.08. The summed E-state index contributed by atoms with van der Waals surface area (Å²) >= 11 is 1.58. The van der Waals surface area contributed by atoms with Gasteiger partial charge in [0.25, 0.3) is 0 Å². The van der Waals surface area contributed by atoms with Crippen molar-refractivity contribution in [2.45, 2.75) is 32.6 Å². The molecule has 3 rings (SSSR count). The number of thiazole rings is 1. The Labute approximate surface area is 164 Å². The maximum absolute atomic E-state index is 5.59. The minimum Gasteiger partial charge on any atom is -0.497 e. The first kappa shape index (κ1) is 19.4. The van der Waals surface area contributed by atoms with Crippen molar-refractivity contribution >= 4 is 17.0 Å². The van der Waals surface area contributed by atoms with Gasteiger partial charge in [0, 0.05) is 16.7 Å². The van der Waals surface area contributed by atoms with Crippen molar-refractivity contribution in [1.29, 1.82) is 0 Å². The third-order valence-corrected chi connectivity index (χ3v) is 5.57. The molecule has 2 aromatic rings. The fourth-order valence-corrected chi connectivity index (χ4v) is 4.17. The van der Waals surface area contributed by atoms with Crippen molar-refractivity contribution in [3.05, 3.63) is 41.0 Å². The first-order valence-corrected chi connectivity index (χ1v) is 10.1. The molecule has 0 saturated heterocycles. The number of aromatic nitrogens is 1. The van der Waals surface area contributed by atoms with Crippen LogP contribution in [0, 0.1) is 5.92 Å². The van der Waals surface area contributed by atoms with E-state index in [0.717, 1.165) is 40.4 Å². The molecule has 1 aliphatic carbocycles. The molecule has 1 fully saturated rings. The molecule has 0 spiro atoms. The minimum atomic E-state index is 0.566. The summed E-state index contributed by atoms with van der Waals surface area (Å²) in [4.78, 5) is 5.50. The van der Waals surface area contributed by atoms with Crippen LogP contribution in [0.1, 0.15) is 32.6 Å². The maximum atomic E-state index is 5.59. The van der Waals surface area contributed by atoms with E-state index in [1.165, 1.54) is 18.6 Å². The van der Waals surface area contributed by atoms with Crippen LogP contribution in [-0.4, -0.2) is 31.2 Å². The van der Waals surface area contributed by atoms with Crippen LogP contribution in [0.15, 0.2) is 46.3 Å². The predicted octanol–water partition coefficient (Wildman–Crippen LogP) is 4.73. The second kappa shape index (κ2) is 9.04. The lowest BCUT2D eigenvalue weighted by atomic mass is 9.89. The van der Waals surface area contributed by atoms with E-state index in [4.69, 9.17) is 14.6 Å². The zero-order valence-corrected chi connectivity index (χ0v) is 17.1. The number of rotatable bonds is 6. The van der Waals surface area contributed by atoms with Crippen LogP contribution in [0.5, 0.6) is 11.5 Å². The number of hydrogen-bond acceptors (Lipinski definition) is 5. The van der Waals surface area contributed by atoms with Gasteiger partial charge in [-0.3, -0.25) is 4.99 Å². The van der Waals surface area contributed by atoms with Gasteiger partial charge in [-0.2, -0.15) is 5.10 Å². The number of benzene rings is 1. The zero-order valence-electron chi connectivity index (χ0n) is 16.3. The molecule has 1 saturated carbocycles. The van der Waals surface area contributed by atoms with Crippen LogP contribution in [0.3, 0.4) is 0 Å². The Kier molecular flexibility index (Phi) is 6.50. The Balaban J connectivity index is 2.15. The van der Waals surface area contributed by atoms with Gasteiger partial charge in [-0.25, -0.2) is 4.68 Å². The molecule has 0 amide bonds. The average molecular weight is 386 g/mol. The van der Waals surface area contributed by atoms with E-state index < -0.39 is 0 Å². The Bertz CT molecular complexity index is 895. The summed E-state index contributed by atoms with van der Waals surface area (Å²) in [6, 6.07) is 5.81. The molecule has 0 bridgehead atoms. The molecule has 5 nitrogen and oxygen atoms in total. The second-order valence-corrected chi connectivity index (χ2v) is 7.62. The summed E-state index contributed by atoms with van der Waals surface area (Å²) in [6.45, 7) is 6.63. The molecule has 0 N–H and O–H groups in total. The van der Waals surface area contributed by atoms with E-state index >= 15 is 0 Å². The quantitative estimate of drug-likeness (QED) is 0.675. The standard InChI is InChI=1S/C21H27N3O2S/c1-5-11-22-21-24(23-16-8-6-7-15(2)12-16)19(14-27-21)18-13-17(25-3)9-10-20(18)26-4/h5,9-10,13-15H,1,6-8,11-12H2,2-4H3. The summed E-state index contributed by atoms with van der Waals surface area (Å²) in [5.41, 5.74) is 3.14. The number of ether oxygens (including phenoxy) is 2. The lowest BCUT2D eigenvalue weighted by molar-refractivity contribution is 0.404. The fourth-order valence-electron chi connectivity index (χ4n) is 3.34. The van der Waals surface area contributed by atoms with Crippen LogP contribution in [0.2, 0.25) is 0 Å². The number of methoxy groups -OCH3 is 2. The molecule has 27 heavy (non-hydrogen) atoms. The molecule has 1 aromatic heterocycles. The zero-order chi connectivity index (χ0) is 19.2. The number of nitrogens with zero attached hydrogens (tertiary/aromatic N) is 3. The molecular weight excluding hydrogens is 358 g/mol. The van der Waals surface area contributed by atoms with Crippen LogP contribution in [0.4, 0.5) is 0 Å². The van der Waals surface area contributed by atoms with Crippen molar-refractivity contribution in [3.63, 3.8) is 0 Å². The smallest absolute Gasteiger partial charge is 0.206 e. The SMILES string of the molecule is C=CCN=c1scc(-c2cc(OC)ccc2OC)n1N=C1CCCC(C)C1. The molecule has 1 unspecified atom stereocenters. The highest BCUT2D eigenvalue weighted by Gasteiger charge is 2.17. The van der Waals surface area contributed by atoms with E-state index in [-0.39, 0.29) is 0 Å². The van der Waals surface area contributed by atoms with Crippen molar-refractivity contribution in [3.8, 4) is 22.8 Å². The second-order valence-electron chi connectivity index (χ2n) is 6.78. The topological polar surface area (TPSA) is 48.1 Å². The van der Waals surface area contributed by atoms with Gasteiger partial charge in [0.15, 0.2) is 0 Å². The van der Waals surface area contributed by atoms with Crippen molar-refractivity contribution in [2.24, 2.45) is 16.0 Å². The van der Waals surface area contributed by atoms with E-state index in [2.05, 4.69) is 23.9 Å². The molecule has 1 aliphatic rings. The van der Waals surface area contributed by atoms with Crippen molar-refractivity contribution in [2.75, 3.05) is 20.8 Å². The van der Waals surface area contributed by atoms with E-state index in [0.29, 0.717) is 12.5 Å². The molecular formula is C21H27N3O2S. The van der Waals surface area contributed by atoms with Gasteiger partial charge >= 0.3 is 0 Å². The Hall–Kier alpha value is -2.34. The first-order valence-electron chi connectivity index (χ1n) is 9.27. The van der Waals surface area contributed by atoms with E-state index in [1.807, 2.05) is 22.9 Å². The highest BCUT2D eigenvalue weighted by Crippen LogP contribution is 2.34. The maximum Gasteiger partial charge on any atom is 0.206 e. The lowest BCUT2D eigenvalue weighted by Crippen LogP contribution is -2.19. The summed E-state index contributed by atoms with van der Waals surface area (Å²) in [7, 11) is 3.35. The van der Waals surface area contributed by atoms with Gasteiger partial charge in [-0.05, 0) is 49.8 Å². The third-order valence-electron chi connectivity index (χ3n) is 4.71. The van der Waals surface area contributed by atoms with Crippen LogP contribution in [0.25, 0.3) is 11.3 Å². The molecule has 144 valence electrons. The van der Waals surface area contributed by atoms with Gasteiger partial charge in [-0.15, -0.1) is 17.9 Å². The van der Waals surface area contributed by atoms with Crippen molar-refractivity contribution < 1.29 is 9.47 Å². The third kappa shape index (κ3) is 4.50. The summed E-state index contributed by atoms with van der Waals surface area (Å²) < 4.78 is 13.0. The Morgan fingerprint density at radius 2 is 2.19 bits per heavy atom. The van der Waals surface area contributed by atoms with E-state index in [1.54, 1.807) is 31.6 Å². The Morgan fingerprint density at radius 3 is 2.89 bits per heavy atom. The van der Waals surface area contributed by atoms with Gasteiger partial charge in [0.1, 0.15) is 11.5 Å². The summed E-state index contributed by atoms with van der Waals surface area (Å²) in [5, 5.41) is 7.09. The summed E-state index contributed by atoms with van der Waals surface area (Å²) in [6.07, 6.45) is 6.35. The molecule has 1 heterocycles. The predicted molar refractivity (Wildman–Crippen MR) is 112 cm³/mol. The lowest BCUT2D eigenvalue weighted by Gasteiger charge is -2.19. The van der Waals surface area contributed by atoms with Gasteiger partial charge in [-0.1, -0.05) is 13.0 Å². The molecule has 1 aromatic carbocycles. The largest absolute Gasteiger partial charge is 0.497 e. The van der Waals surface area contributed by atoms with Crippen LogP contribution >= 0.6 is 11.3 Å². The van der Waals surface area contributed by atoms with Gasteiger partial charge in [0.05, 0.1) is 26.5 Å². The van der Waals surface area contributed by atoms with Crippen molar-refractivity contribution in [1.82, 2.24) is 4.68 Å². The molecule has 6 heteroatoms. The van der Waals surface area contributed by atoms with Crippen LogP contribution in [-0.2, 0) is 0 Å². The number of hydrogen-bond donors (Lipinski definition) is 0. The highest BCUT2D eigenvalue weighted by molar-refractivity contribution is 7.07. The van der Waals surface area contributed by atoms with Gasteiger partial charge in [0.2, 0.25) is 4.80 Å². The Morgan fingerprint density at radius 1 is 1.33 bits per heavy atom. The summed E-state index contributed by atoms with van der Waals surface area (Å²) in [5.74, 6) is 2.25. The molecule has 0 aliphatic heterocycles. The van der Waals surface area contributed by atoms with Crippen LogP contribution < -0.4 is 14.3 Å². The van der Waals surface area contributed by atoms with Gasteiger partial charge < -0.3 is 9.47 Å².